The molecule has 1 aliphatic heterocycles. The monoisotopic (exact) mass is 795 g/mol. The van der Waals surface area contributed by atoms with Crippen LogP contribution in [0.5, 0.6) is 0 Å². The highest BCUT2D eigenvalue weighted by Gasteiger charge is 2.47. The summed E-state index contributed by atoms with van der Waals surface area (Å²) in [5.74, 6) is 3.57. The van der Waals surface area contributed by atoms with Gasteiger partial charge in [0.2, 0.25) is 0 Å². The summed E-state index contributed by atoms with van der Waals surface area (Å²) in [5.41, 5.74) is 4.87. The summed E-state index contributed by atoms with van der Waals surface area (Å²) >= 11 is 1.99. The quantitative estimate of drug-likeness (QED) is 0.0623. The molecule has 5 aliphatic carbocycles. The smallest absolute Gasteiger partial charge is 0.199 e. The van der Waals surface area contributed by atoms with E-state index in [-0.39, 0.29) is 35.2 Å². The number of fused-ring (bicyclic) bond motifs is 1. The van der Waals surface area contributed by atoms with Gasteiger partial charge in [-0.25, -0.2) is 0 Å². The summed E-state index contributed by atoms with van der Waals surface area (Å²) < 4.78 is 13.2. The van der Waals surface area contributed by atoms with Gasteiger partial charge in [0.15, 0.2) is 12.6 Å². The highest BCUT2D eigenvalue weighted by atomic mass is 32.2. The van der Waals surface area contributed by atoms with Gasteiger partial charge in [-0.3, -0.25) is 0 Å². The third kappa shape index (κ3) is 11.2. The number of thioether (sulfide) groups is 1. The van der Waals surface area contributed by atoms with E-state index in [0.29, 0.717) is 28.9 Å². The zero-order valence-corrected chi connectivity index (χ0v) is 36.3. The number of allylic oxidation sites excluding steroid dienone is 8. The zero-order valence-electron chi connectivity index (χ0n) is 35.5. The lowest BCUT2D eigenvalue weighted by molar-refractivity contribution is -0.134. The summed E-state index contributed by atoms with van der Waals surface area (Å²) in [6.45, 7) is 8.67. The Morgan fingerprint density at radius 1 is 0.643 bits per heavy atom. The number of aliphatic hydroxyl groups is 4. The second-order valence-electron chi connectivity index (χ2n) is 18.6. The largest absolute Gasteiger partial charge is 0.469 e. The lowest BCUT2D eigenvalue weighted by Crippen LogP contribution is -2.42. The number of hydrogen-bond acceptors (Lipinski definition) is 7. The fourth-order valence-corrected chi connectivity index (χ4v) is 13.0. The molecule has 0 aromatic carbocycles. The Morgan fingerprint density at radius 3 is 1.75 bits per heavy atom. The van der Waals surface area contributed by atoms with E-state index in [2.05, 4.69) is 32.1 Å². The van der Waals surface area contributed by atoms with Crippen LogP contribution >= 0.6 is 11.8 Å². The van der Waals surface area contributed by atoms with Gasteiger partial charge in [-0.15, -0.1) is 11.8 Å². The Hall–Kier alpha value is -1.51. The molecule has 0 aromatic heterocycles. The number of rotatable bonds is 18. The standard InChI is InChI=1S/C49H78O6S/c1-5-9-10-11-12-32-13-15-34(16-14-32)35-17-23-38(24-18-35)45-31-33(6-2)46-43(54-48(52)39-25-19-36(20-26-39)41(50)7-3)29-30-44(47(46)56-45)55-49(53)40-27-21-37(22-28-40)42(51)8-4/h13,17,23,29-30,33-34,36-37,39-42,45-53H,5-12,14-16,18-22,24-28,31H2,1-4H3. The normalized spacial score (nSPS) is 34.7. The maximum absolute atomic E-state index is 11.6. The Bertz CT molecular complexity index is 1380. The lowest BCUT2D eigenvalue weighted by Gasteiger charge is -2.46. The Kier molecular flexibility index (Phi) is 17.0. The molecule has 4 N–H and O–H groups in total. The minimum absolute atomic E-state index is 0.000235. The number of hydrogen-bond donors (Lipinski definition) is 4. The maximum atomic E-state index is 11.6. The third-order valence-corrected chi connectivity index (χ3v) is 16.7. The first-order valence-electron chi connectivity index (χ1n) is 23.4. The van der Waals surface area contributed by atoms with E-state index in [1.54, 1.807) is 11.1 Å². The van der Waals surface area contributed by atoms with Crippen LogP contribution in [0.4, 0.5) is 0 Å². The van der Waals surface area contributed by atoms with Gasteiger partial charge < -0.3 is 29.9 Å². The van der Waals surface area contributed by atoms with E-state index in [1.165, 1.54) is 56.9 Å². The molecule has 0 spiro atoms. The Morgan fingerprint density at radius 2 is 1.21 bits per heavy atom. The predicted octanol–water partition coefficient (Wildman–Crippen LogP) is 11.5. The molecule has 6 aliphatic rings. The van der Waals surface area contributed by atoms with E-state index >= 15 is 0 Å². The van der Waals surface area contributed by atoms with Crippen LogP contribution in [0.3, 0.4) is 0 Å². The molecule has 0 radical (unpaired) electrons. The van der Waals surface area contributed by atoms with Gasteiger partial charge in [0.1, 0.15) is 11.5 Å². The molecule has 316 valence electrons. The van der Waals surface area contributed by atoms with E-state index in [0.717, 1.165) is 101 Å². The van der Waals surface area contributed by atoms with Crippen LogP contribution in [0.15, 0.2) is 58.6 Å². The van der Waals surface area contributed by atoms with Crippen LogP contribution in [0.2, 0.25) is 0 Å². The van der Waals surface area contributed by atoms with Crippen LogP contribution < -0.4 is 0 Å². The van der Waals surface area contributed by atoms with Crippen molar-refractivity contribution in [2.75, 3.05) is 0 Å². The van der Waals surface area contributed by atoms with Gasteiger partial charge in [-0.05, 0) is 151 Å². The summed E-state index contributed by atoms with van der Waals surface area (Å²) in [4.78, 5) is 0. The molecule has 1 saturated heterocycles. The minimum Gasteiger partial charge on any atom is -0.469 e. The van der Waals surface area contributed by atoms with Gasteiger partial charge in [0, 0.05) is 23.0 Å². The average Bonchev–Trinajstić information content (AvgIpc) is 3.25. The molecule has 56 heavy (non-hydrogen) atoms. The molecule has 6 rings (SSSR count). The van der Waals surface area contributed by atoms with E-state index in [1.807, 2.05) is 37.8 Å². The third-order valence-electron chi connectivity index (χ3n) is 15.1. The summed E-state index contributed by atoms with van der Waals surface area (Å²) in [7, 11) is 0. The Balaban J connectivity index is 1.15. The maximum Gasteiger partial charge on any atom is 0.199 e. The molecule has 9 atom stereocenters. The van der Waals surface area contributed by atoms with Crippen molar-refractivity contribution in [3.05, 3.63) is 58.6 Å². The molecule has 9 unspecified atom stereocenters. The molecule has 7 heteroatoms. The van der Waals surface area contributed by atoms with Crippen LogP contribution in [-0.2, 0) is 9.47 Å². The molecular formula is C49H78O6S. The molecule has 6 nitrogen and oxygen atoms in total. The number of ether oxygens (including phenoxy) is 2. The average molecular weight is 795 g/mol. The molecule has 1 heterocycles. The number of aliphatic hydroxyl groups excluding tert-OH is 4. The van der Waals surface area contributed by atoms with Crippen LogP contribution in [0.25, 0.3) is 0 Å². The van der Waals surface area contributed by atoms with Crippen LogP contribution in [0.1, 0.15) is 169 Å². The predicted molar refractivity (Wildman–Crippen MR) is 230 cm³/mol. The minimum atomic E-state index is -0.876. The summed E-state index contributed by atoms with van der Waals surface area (Å²) in [6.07, 6.45) is 32.8. The second-order valence-corrected chi connectivity index (χ2v) is 19.9. The topological polar surface area (TPSA) is 99.4 Å². The van der Waals surface area contributed by atoms with Crippen LogP contribution in [-0.4, -0.2) is 55.7 Å². The first kappa shape index (κ1) is 44.1. The van der Waals surface area contributed by atoms with E-state index < -0.39 is 12.6 Å². The van der Waals surface area contributed by atoms with Crippen molar-refractivity contribution >= 4 is 11.8 Å². The van der Waals surface area contributed by atoms with E-state index in [4.69, 9.17) is 9.47 Å². The molecule has 2 saturated carbocycles. The second kappa shape index (κ2) is 21.7. The molecule has 0 aromatic rings. The van der Waals surface area contributed by atoms with Crippen molar-refractivity contribution in [3.63, 3.8) is 0 Å². The molecule has 0 bridgehead atoms. The summed E-state index contributed by atoms with van der Waals surface area (Å²) in [5, 5.41) is 44.4. The van der Waals surface area contributed by atoms with Crippen molar-refractivity contribution in [1.29, 1.82) is 0 Å². The first-order chi connectivity index (χ1) is 27.2. The molecule has 0 amide bonds. The van der Waals surface area contributed by atoms with Gasteiger partial charge in [-0.1, -0.05) is 88.3 Å². The van der Waals surface area contributed by atoms with Crippen molar-refractivity contribution in [2.24, 2.45) is 41.4 Å². The highest BCUT2D eigenvalue weighted by molar-refractivity contribution is 8.01. The van der Waals surface area contributed by atoms with E-state index in [9.17, 15) is 20.4 Å². The van der Waals surface area contributed by atoms with Crippen LogP contribution in [0, 0.1) is 41.4 Å². The van der Waals surface area contributed by atoms with Crippen molar-refractivity contribution in [2.45, 2.75) is 204 Å². The van der Waals surface area contributed by atoms with Gasteiger partial charge in [0.25, 0.3) is 0 Å². The fourth-order valence-electron chi connectivity index (χ4n) is 11.1. The van der Waals surface area contributed by atoms with Crippen molar-refractivity contribution in [3.8, 4) is 0 Å². The van der Waals surface area contributed by atoms with Crippen molar-refractivity contribution < 1.29 is 29.9 Å². The number of unbranched alkanes of at least 4 members (excludes halogenated alkanes) is 3. The lowest BCUT2D eigenvalue weighted by atomic mass is 9.76. The highest BCUT2D eigenvalue weighted by Crippen LogP contribution is 2.53. The van der Waals surface area contributed by atoms with Gasteiger partial charge >= 0.3 is 0 Å². The first-order valence-corrected chi connectivity index (χ1v) is 24.4. The summed E-state index contributed by atoms with van der Waals surface area (Å²) in [6, 6.07) is 0. The SMILES string of the molecule is CCCCCCC1=CCC(C2=CC=C(C3CC(CC)C4C(OC(O)C5CCC(C(O)CC)CC5)=CC=C(OC(O)C5CCC(C(O)CC)CC5)C4S3)CC2)CC1. The zero-order chi connectivity index (χ0) is 39.6. The molecular weight excluding hydrogens is 717 g/mol. The Labute approximate surface area is 344 Å². The fraction of sp³-hybridized carbons (Fsp3) is 0.796. The van der Waals surface area contributed by atoms with Gasteiger partial charge in [0.05, 0.1) is 17.5 Å². The van der Waals surface area contributed by atoms with Gasteiger partial charge in [-0.2, -0.15) is 0 Å². The van der Waals surface area contributed by atoms with Crippen molar-refractivity contribution in [1.82, 2.24) is 0 Å². The molecule has 3 fully saturated rings.